The van der Waals surface area contributed by atoms with Crippen LogP contribution in [0.15, 0.2) is 78.9 Å². The molecule has 0 bridgehead atoms. The molecule has 1 aromatic heterocycles. The number of benzene rings is 3. The van der Waals surface area contributed by atoms with E-state index in [-0.39, 0.29) is 6.04 Å². The standard InChI is InChI=1S/C21H18ClN3/c22-17-11-5-4-10-16(17)20(23)21-24-18-12-6-7-13-19(18)25(21)14-15-8-2-1-3-9-15/h1-13,20H,14,23H2. The first kappa shape index (κ1) is 15.9. The summed E-state index contributed by atoms with van der Waals surface area (Å²) in [5.41, 5.74) is 10.7. The van der Waals surface area contributed by atoms with Crippen molar-refractivity contribution in [2.45, 2.75) is 12.6 Å². The van der Waals surface area contributed by atoms with Crippen molar-refractivity contribution in [3.05, 3.63) is 101 Å². The second-order valence-corrected chi connectivity index (χ2v) is 6.44. The lowest BCUT2D eigenvalue weighted by Gasteiger charge is -2.16. The van der Waals surface area contributed by atoms with Gasteiger partial charge < -0.3 is 10.3 Å². The summed E-state index contributed by atoms with van der Waals surface area (Å²) in [6.07, 6.45) is 0. The van der Waals surface area contributed by atoms with Crippen LogP contribution in [-0.2, 0) is 6.54 Å². The minimum atomic E-state index is -0.384. The van der Waals surface area contributed by atoms with Crippen molar-refractivity contribution in [3.8, 4) is 0 Å². The quantitative estimate of drug-likeness (QED) is 0.577. The van der Waals surface area contributed by atoms with E-state index < -0.39 is 0 Å². The molecule has 4 aromatic rings. The second kappa shape index (κ2) is 6.71. The summed E-state index contributed by atoms with van der Waals surface area (Å²) < 4.78 is 2.18. The maximum atomic E-state index is 6.57. The van der Waals surface area contributed by atoms with Crippen LogP contribution < -0.4 is 5.73 Å². The molecule has 3 nitrogen and oxygen atoms in total. The number of hydrogen-bond donors (Lipinski definition) is 1. The monoisotopic (exact) mass is 347 g/mol. The third kappa shape index (κ3) is 3.04. The van der Waals surface area contributed by atoms with Crippen LogP contribution in [-0.4, -0.2) is 9.55 Å². The highest BCUT2D eigenvalue weighted by molar-refractivity contribution is 6.31. The molecule has 1 heterocycles. The maximum absolute atomic E-state index is 6.57. The average Bonchev–Trinajstić information content (AvgIpc) is 3.01. The fourth-order valence-corrected chi connectivity index (χ4v) is 3.38. The molecular formula is C21H18ClN3. The minimum absolute atomic E-state index is 0.384. The van der Waals surface area contributed by atoms with Crippen molar-refractivity contribution in [2.75, 3.05) is 0 Å². The van der Waals surface area contributed by atoms with Crippen molar-refractivity contribution in [3.63, 3.8) is 0 Å². The van der Waals surface area contributed by atoms with Gasteiger partial charge in [0, 0.05) is 11.6 Å². The third-order valence-corrected chi connectivity index (χ3v) is 4.73. The van der Waals surface area contributed by atoms with Gasteiger partial charge in [-0.3, -0.25) is 0 Å². The van der Waals surface area contributed by atoms with Crippen LogP contribution in [0.1, 0.15) is 23.0 Å². The summed E-state index contributed by atoms with van der Waals surface area (Å²) >= 11 is 6.36. The van der Waals surface area contributed by atoms with Gasteiger partial charge in [0.15, 0.2) is 0 Å². The van der Waals surface area contributed by atoms with Crippen molar-refractivity contribution in [1.82, 2.24) is 9.55 Å². The Morgan fingerprint density at radius 3 is 2.36 bits per heavy atom. The summed E-state index contributed by atoms with van der Waals surface area (Å²) in [6, 6.07) is 25.7. The Morgan fingerprint density at radius 2 is 1.56 bits per heavy atom. The van der Waals surface area contributed by atoms with Gasteiger partial charge in [0.05, 0.1) is 17.1 Å². The zero-order valence-corrected chi connectivity index (χ0v) is 14.4. The van der Waals surface area contributed by atoms with Gasteiger partial charge >= 0.3 is 0 Å². The number of halogens is 1. The van der Waals surface area contributed by atoms with Crippen molar-refractivity contribution < 1.29 is 0 Å². The van der Waals surface area contributed by atoms with Gasteiger partial charge in [-0.1, -0.05) is 72.3 Å². The van der Waals surface area contributed by atoms with Crippen LogP contribution in [0.5, 0.6) is 0 Å². The Hall–Kier alpha value is -2.62. The molecular weight excluding hydrogens is 330 g/mol. The zero-order chi connectivity index (χ0) is 17.2. The average molecular weight is 348 g/mol. The molecule has 2 N–H and O–H groups in total. The molecule has 4 heteroatoms. The summed E-state index contributed by atoms with van der Waals surface area (Å²) in [4.78, 5) is 4.81. The predicted molar refractivity (Wildman–Crippen MR) is 103 cm³/mol. The SMILES string of the molecule is NC(c1ccccc1Cl)c1nc2ccccc2n1Cc1ccccc1. The van der Waals surface area contributed by atoms with Crippen LogP contribution >= 0.6 is 11.6 Å². The van der Waals surface area contributed by atoms with Gasteiger partial charge in [0.2, 0.25) is 0 Å². The molecule has 4 rings (SSSR count). The van der Waals surface area contributed by atoms with Gasteiger partial charge in [0.1, 0.15) is 5.82 Å². The van der Waals surface area contributed by atoms with Gasteiger partial charge in [-0.05, 0) is 29.3 Å². The van der Waals surface area contributed by atoms with Crippen LogP contribution in [0, 0.1) is 0 Å². The van der Waals surface area contributed by atoms with Crippen LogP contribution in [0.4, 0.5) is 0 Å². The van der Waals surface area contributed by atoms with Gasteiger partial charge in [0.25, 0.3) is 0 Å². The van der Waals surface area contributed by atoms with E-state index in [1.807, 2.05) is 60.7 Å². The first-order chi connectivity index (χ1) is 12.2. The molecule has 0 saturated heterocycles. The molecule has 25 heavy (non-hydrogen) atoms. The maximum Gasteiger partial charge on any atom is 0.131 e. The Kier molecular flexibility index (Phi) is 4.26. The van der Waals surface area contributed by atoms with E-state index >= 15 is 0 Å². The van der Waals surface area contributed by atoms with Crippen molar-refractivity contribution >= 4 is 22.6 Å². The fourth-order valence-electron chi connectivity index (χ4n) is 3.13. The molecule has 0 saturated carbocycles. The topological polar surface area (TPSA) is 43.8 Å². The number of imidazole rings is 1. The first-order valence-corrected chi connectivity index (χ1v) is 8.61. The normalized spacial score (nSPS) is 12.4. The Bertz CT molecular complexity index is 1010. The molecule has 1 unspecified atom stereocenters. The number of aromatic nitrogens is 2. The molecule has 124 valence electrons. The van der Waals surface area contributed by atoms with Crippen LogP contribution in [0.3, 0.4) is 0 Å². The van der Waals surface area contributed by atoms with Crippen molar-refractivity contribution in [2.24, 2.45) is 5.73 Å². The number of rotatable bonds is 4. The Morgan fingerprint density at radius 1 is 0.880 bits per heavy atom. The Labute approximate surface area is 151 Å². The highest BCUT2D eigenvalue weighted by atomic mass is 35.5. The first-order valence-electron chi connectivity index (χ1n) is 8.23. The van der Waals surface area contributed by atoms with E-state index in [2.05, 4.69) is 22.8 Å². The highest BCUT2D eigenvalue weighted by Gasteiger charge is 2.20. The van der Waals surface area contributed by atoms with E-state index in [4.69, 9.17) is 22.3 Å². The largest absolute Gasteiger partial charge is 0.322 e. The molecule has 0 radical (unpaired) electrons. The molecule has 0 spiro atoms. The van der Waals surface area contributed by atoms with Gasteiger partial charge in [-0.2, -0.15) is 0 Å². The van der Waals surface area contributed by atoms with E-state index in [9.17, 15) is 0 Å². The van der Waals surface area contributed by atoms with E-state index in [1.54, 1.807) is 0 Å². The lowest BCUT2D eigenvalue weighted by molar-refractivity contribution is 0.688. The molecule has 0 aliphatic rings. The minimum Gasteiger partial charge on any atom is -0.322 e. The van der Waals surface area contributed by atoms with Crippen molar-refractivity contribution in [1.29, 1.82) is 0 Å². The molecule has 1 atom stereocenters. The third-order valence-electron chi connectivity index (χ3n) is 4.39. The van der Waals surface area contributed by atoms with Gasteiger partial charge in [-0.15, -0.1) is 0 Å². The second-order valence-electron chi connectivity index (χ2n) is 6.03. The van der Waals surface area contributed by atoms with Gasteiger partial charge in [-0.25, -0.2) is 4.98 Å². The number of fused-ring (bicyclic) bond motifs is 1. The molecule has 3 aromatic carbocycles. The predicted octanol–water partition coefficient (Wildman–Crippen LogP) is 4.79. The smallest absolute Gasteiger partial charge is 0.131 e. The summed E-state index contributed by atoms with van der Waals surface area (Å²) in [6.45, 7) is 0.717. The van der Waals surface area contributed by atoms with E-state index in [1.165, 1.54) is 5.56 Å². The zero-order valence-electron chi connectivity index (χ0n) is 13.6. The highest BCUT2D eigenvalue weighted by Crippen LogP contribution is 2.29. The summed E-state index contributed by atoms with van der Waals surface area (Å²) in [7, 11) is 0. The number of nitrogens with zero attached hydrogens (tertiary/aromatic N) is 2. The van der Waals surface area contributed by atoms with E-state index in [0.717, 1.165) is 29.0 Å². The molecule has 0 aliphatic heterocycles. The fraction of sp³-hybridized carbons (Fsp3) is 0.0952. The number of nitrogens with two attached hydrogens (primary N) is 1. The van der Waals surface area contributed by atoms with Crippen LogP contribution in [0.25, 0.3) is 11.0 Å². The Balaban J connectivity index is 1.85. The molecule has 0 amide bonds. The van der Waals surface area contributed by atoms with E-state index in [0.29, 0.717) is 5.02 Å². The number of hydrogen-bond acceptors (Lipinski definition) is 2. The molecule has 0 fully saturated rings. The summed E-state index contributed by atoms with van der Waals surface area (Å²) in [5.74, 6) is 0.818. The summed E-state index contributed by atoms with van der Waals surface area (Å²) in [5, 5.41) is 0.660. The lowest BCUT2D eigenvalue weighted by atomic mass is 10.1. The molecule has 0 aliphatic carbocycles. The lowest BCUT2D eigenvalue weighted by Crippen LogP contribution is -2.18. The number of para-hydroxylation sites is 2. The van der Waals surface area contributed by atoms with Crippen LogP contribution in [0.2, 0.25) is 5.02 Å².